The number of hydrogen-bond donors (Lipinski definition) is 0. The van der Waals surface area contributed by atoms with Crippen LogP contribution in [-0.4, -0.2) is 30.1 Å². The number of halogens is 3. The maximum atomic E-state index is 13.1. The van der Waals surface area contributed by atoms with E-state index in [9.17, 15) is 9.59 Å². The summed E-state index contributed by atoms with van der Waals surface area (Å²) in [5, 5.41) is 6.44. The third kappa shape index (κ3) is 3.79. The number of carbonyl (C=O) groups excluding carboxylic acids is 2. The van der Waals surface area contributed by atoms with Gasteiger partial charge in [-0.1, -0.05) is 41.4 Å². The molecule has 6 atom stereocenters. The van der Waals surface area contributed by atoms with Gasteiger partial charge in [0.05, 0.1) is 29.6 Å². The SMILES string of the molecule is COc1cc(C=NN2C(=O)[C@@H]3[C@H]4C=C[C@@H]([C@@H]5C[C@@H]45)[C@@H]3C2=O)cc(Br)c1OCc1ccc(Cl)cc1Cl. The number of ether oxygens (including phenoxy) is 2. The Balaban J connectivity index is 1.21. The number of methoxy groups -OCH3 is 1. The maximum Gasteiger partial charge on any atom is 0.254 e. The molecule has 0 spiro atoms. The second-order valence-corrected chi connectivity index (χ2v) is 11.1. The van der Waals surface area contributed by atoms with Gasteiger partial charge in [-0.25, -0.2) is 0 Å². The molecule has 6 nitrogen and oxygen atoms in total. The van der Waals surface area contributed by atoms with Crippen LogP contribution in [0.3, 0.4) is 0 Å². The van der Waals surface area contributed by atoms with Crippen LogP contribution in [0.25, 0.3) is 0 Å². The quantitative estimate of drug-likeness (QED) is 0.250. The Morgan fingerprint density at radius 3 is 2.40 bits per heavy atom. The molecule has 2 saturated carbocycles. The highest BCUT2D eigenvalue weighted by Crippen LogP contribution is 2.65. The van der Waals surface area contributed by atoms with Crippen molar-refractivity contribution in [3.05, 3.63) is 68.1 Å². The maximum absolute atomic E-state index is 13.1. The first-order valence-corrected chi connectivity index (χ1v) is 13.0. The molecular formula is C26H21BrCl2N2O4. The molecule has 9 heteroatoms. The molecule has 35 heavy (non-hydrogen) atoms. The molecule has 5 aliphatic rings. The summed E-state index contributed by atoms with van der Waals surface area (Å²) in [6.07, 6.45) is 6.94. The van der Waals surface area contributed by atoms with E-state index in [0.29, 0.717) is 43.4 Å². The van der Waals surface area contributed by atoms with E-state index >= 15 is 0 Å². The van der Waals surface area contributed by atoms with Crippen LogP contribution in [0.2, 0.25) is 10.0 Å². The Bertz CT molecular complexity index is 1280. The lowest BCUT2D eigenvalue weighted by atomic mass is 9.63. The minimum atomic E-state index is -0.268. The fraction of sp³-hybridized carbons (Fsp3) is 0.346. The molecule has 1 aliphatic heterocycles. The standard InChI is InChI=1S/C26H21BrCl2N2O4/c1-34-21-7-12(6-19(27)24(21)35-11-13-2-3-14(28)8-20(13)29)10-30-31-25(32)22-15-4-5-16(18-9-17(15)18)23(22)26(31)33/h2-8,10,15-18,22-23H,9,11H2,1H3/t15-,16-,17-,18-,22-,23+/m0/s1. The third-order valence-corrected chi connectivity index (χ3v) is 8.78. The van der Waals surface area contributed by atoms with E-state index in [-0.39, 0.29) is 42.1 Å². The van der Waals surface area contributed by atoms with E-state index in [2.05, 4.69) is 33.2 Å². The molecule has 7 rings (SSSR count). The summed E-state index contributed by atoms with van der Waals surface area (Å²) >= 11 is 15.7. The van der Waals surface area contributed by atoms with Crippen LogP contribution >= 0.6 is 39.1 Å². The van der Waals surface area contributed by atoms with Crippen molar-refractivity contribution in [2.45, 2.75) is 13.0 Å². The predicted molar refractivity (Wildman–Crippen MR) is 136 cm³/mol. The zero-order chi connectivity index (χ0) is 24.4. The van der Waals surface area contributed by atoms with Crippen LogP contribution < -0.4 is 9.47 Å². The second kappa shape index (κ2) is 8.64. The van der Waals surface area contributed by atoms with E-state index in [4.69, 9.17) is 32.7 Å². The molecule has 180 valence electrons. The summed E-state index contributed by atoms with van der Waals surface area (Å²) < 4.78 is 12.1. The number of hydrogen-bond acceptors (Lipinski definition) is 5. The number of nitrogens with zero attached hydrogens (tertiary/aromatic N) is 2. The van der Waals surface area contributed by atoms with Gasteiger partial charge in [0.15, 0.2) is 11.5 Å². The first kappa shape index (κ1) is 23.1. The van der Waals surface area contributed by atoms with E-state index in [1.165, 1.54) is 13.3 Å². The topological polar surface area (TPSA) is 68.2 Å². The van der Waals surface area contributed by atoms with Gasteiger partial charge in [-0.05, 0) is 75.9 Å². The summed E-state index contributed by atoms with van der Waals surface area (Å²) in [6, 6.07) is 8.75. The van der Waals surface area contributed by atoms with Crippen molar-refractivity contribution in [1.82, 2.24) is 5.01 Å². The largest absolute Gasteiger partial charge is 0.493 e. The number of amides is 2. The van der Waals surface area contributed by atoms with Crippen molar-refractivity contribution in [2.24, 2.45) is 40.6 Å². The van der Waals surface area contributed by atoms with Gasteiger partial charge in [-0.2, -0.15) is 10.1 Å². The van der Waals surface area contributed by atoms with E-state index < -0.39 is 0 Å². The molecule has 1 saturated heterocycles. The lowest BCUT2D eigenvalue weighted by Crippen LogP contribution is -2.40. The number of carbonyl (C=O) groups is 2. The number of benzene rings is 2. The predicted octanol–water partition coefficient (Wildman–Crippen LogP) is 5.73. The van der Waals surface area contributed by atoms with Crippen LogP contribution in [0.5, 0.6) is 11.5 Å². The Hall–Kier alpha value is -2.35. The van der Waals surface area contributed by atoms with Crippen LogP contribution in [0.15, 0.2) is 52.1 Å². The smallest absolute Gasteiger partial charge is 0.254 e. The molecule has 1 heterocycles. The van der Waals surface area contributed by atoms with Gasteiger partial charge < -0.3 is 9.47 Å². The Kier molecular flexibility index (Phi) is 5.70. The van der Waals surface area contributed by atoms with E-state index in [1.54, 1.807) is 30.3 Å². The Morgan fingerprint density at radius 2 is 1.77 bits per heavy atom. The molecule has 2 bridgehead atoms. The molecule has 4 aliphatic carbocycles. The summed E-state index contributed by atoms with van der Waals surface area (Å²) in [4.78, 5) is 26.2. The van der Waals surface area contributed by atoms with Gasteiger partial charge in [0.25, 0.3) is 11.8 Å². The average molecular weight is 576 g/mol. The van der Waals surface area contributed by atoms with Gasteiger partial charge in [0.1, 0.15) is 6.61 Å². The monoisotopic (exact) mass is 574 g/mol. The van der Waals surface area contributed by atoms with Crippen LogP contribution in [0.1, 0.15) is 17.5 Å². The summed E-state index contributed by atoms with van der Waals surface area (Å²) in [5.41, 5.74) is 1.44. The number of allylic oxidation sites excluding steroid dienone is 2. The Labute approximate surface area is 221 Å². The van der Waals surface area contributed by atoms with Gasteiger partial charge >= 0.3 is 0 Å². The zero-order valence-corrected chi connectivity index (χ0v) is 21.8. The highest BCUT2D eigenvalue weighted by molar-refractivity contribution is 9.10. The number of hydrazone groups is 1. The number of rotatable bonds is 6. The molecule has 2 aromatic rings. The van der Waals surface area contributed by atoms with E-state index in [0.717, 1.165) is 17.0 Å². The zero-order valence-electron chi connectivity index (χ0n) is 18.7. The van der Waals surface area contributed by atoms with Crippen LogP contribution in [0.4, 0.5) is 0 Å². The number of imide groups is 1. The van der Waals surface area contributed by atoms with Gasteiger partial charge in [-0.3, -0.25) is 9.59 Å². The fourth-order valence-corrected chi connectivity index (χ4v) is 6.96. The van der Waals surface area contributed by atoms with Crippen molar-refractivity contribution >= 4 is 57.2 Å². The Morgan fingerprint density at radius 1 is 1.09 bits per heavy atom. The first-order valence-electron chi connectivity index (χ1n) is 11.4. The summed E-state index contributed by atoms with van der Waals surface area (Å²) in [7, 11) is 1.54. The van der Waals surface area contributed by atoms with Gasteiger partial charge in [0.2, 0.25) is 0 Å². The highest BCUT2D eigenvalue weighted by atomic mass is 79.9. The van der Waals surface area contributed by atoms with Gasteiger partial charge in [-0.15, -0.1) is 0 Å². The molecule has 0 unspecified atom stereocenters. The van der Waals surface area contributed by atoms with Crippen molar-refractivity contribution in [1.29, 1.82) is 0 Å². The summed E-state index contributed by atoms with van der Waals surface area (Å²) in [6.45, 7) is 0.219. The summed E-state index contributed by atoms with van der Waals surface area (Å²) in [5.74, 6) is 1.52. The molecule has 0 aromatic heterocycles. The lowest BCUT2D eigenvalue weighted by Gasteiger charge is -2.37. The van der Waals surface area contributed by atoms with Crippen molar-refractivity contribution in [3.8, 4) is 11.5 Å². The minimum Gasteiger partial charge on any atom is -0.493 e. The van der Waals surface area contributed by atoms with Crippen molar-refractivity contribution in [2.75, 3.05) is 7.11 Å². The van der Waals surface area contributed by atoms with Crippen LogP contribution in [-0.2, 0) is 16.2 Å². The molecule has 0 N–H and O–H groups in total. The molecule has 3 fully saturated rings. The van der Waals surface area contributed by atoms with Crippen molar-refractivity contribution in [3.63, 3.8) is 0 Å². The third-order valence-electron chi connectivity index (χ3n) is 7.60. The molecule has 2 amide bonds. The average Bonchev–Trinajstić information content (AvgIpc) is 3.62. The van der Waals surface area contributed by atoms with Crippen molar-refractivity contribution < 1.29 is 19.1 Å². The molecule has 2 aromatic carbocycles. The van der Waals surface area contributed by atoms with Gasteiger partial charge in [0, 0.05) is 15.6 Å². The first-order chi connectivity index (χ1) is 16.9. The minimum absolute atomic E-state index is 0.173. The normalized spacial score (nSPS) is 30.1. The van der Waals surface area contributed by atoms with Crippen LogP contribution in [0, 0.1) is 35.5 Å². The highest BCUT2D eigenvalue weighted by Gasteiger charge is 2.67. The lowest BCUT2D eigenvalue weighted by molar-refractivity contribution is -0.140. The molecular weight excluding hydrogens is 555 g/mol. The second-order valence-electron chi connectivity index (χ2n) is 9.45. The molecule has 0 radical (unpaired) electrons. The fourth-order valence-electron chi connectivity index (χ4n) is 5.92. The van der Waals surface area contributed by atoms with E-state index in [1.807, 2.05) is 0 Å².